The molecule has 1 aromatic rings. The summed E-state index contributed by atoms with van der Waals surface area (Å²) in [5.74, 6) is 0. The van der Waals surface area contributed by atoms with Gasteiger partial charge >= 0.3 is 0 Å². The lowest BCUT2D eigenvalue weighted by atomic mass is 10.1. The number of anilines is 1. The van der Waals surface area contributed by atoms with E-state index in [1.165, 1.54) is 17.7 Å². The first-order valence-electron chi connectivity index (χ1n) is 5.43. The fourth-order valence-corrected chi connectivity index (χ4v) is 2.49. The van der Waals surface area contributed by atoms with E-state index in [0.29, 0.717) is 6.04 Å². The molecule has 0 bridgehead atoms. The molecule has 1 atom stereocenters. The lowest BCUT2D eigenvalue weighted by Gasteiger charge is -2.22. The molecule has 0 fully saturated rings. The number of likely N-dealkylation sites (N-methyl/N-ethyl adjacent to an activating group) is 1. The molecule has 0 radical (unpaired) electrons. The molecular weight excluding hydrogens is 208 g/mol. The van der Waals surface area contributed by atoms with Gasteiger partial charge in [-0.15, -0.1) is 0 Å². The summed E-state index contributed by atoms with van der Waals surface area (Å²) in [7, 11) is 2.15. The van der Waals surface area contributed by atoms with Crippen LogP contribution in [-0.2, 0) is 6.42 Å². The summed E-state index contributed by atoms with van der Waals surface area (Å²) >= 11 is 5.98. The minimum absolute atomic E-state index is 0.599. The molecule has 0 aromatic heterocycles. The molecule has 0 saturated heterocycles. The van der Waals surface area contributed by atoms with E-state index in [2.05, 4.69) is 24.1 Å². The van der Waals surface area contributed by atoms with Gasteiger partial charge in [0.05, 0.1) is 0 Å². The Hall–Kier alpha value is -0.730. The first-order valence-corrected chi connectivity index (χ1v) is 5.81. The lowest BCUT2D eigenvalue weighted by Crippen LogP contribution is -2.28. The second kappa shape index (κ2) is 4.42. The molecule has 0 spiro atoms. The average Bonchev–Trinajstić information content (AvgIpc) is 2.52. The topological polar surface area (TPSA) is 29.3 Å². The highest BCUT2D eigenvalue weighted by atomic mass is 35.5. The van der Waals surface area contributed by atoms with Crippen molar-refractivity contribution < 1.29 is 0 Å². The van der Waals surface area contributed by atoms with E-state index < -0.39 is 0 Å². The van der Waals surface area contributed by atoms with Crippen LogP contribution in [0.1, 0.15) is 18.4 Å². The molecule has 82 valence electrons. The fourth-order valence-electron chi connectivity index (χ4n) is 2.30. The second-order valence-corrected chi connectivity index (χ2v) is 4.61. The number of hydrogen-bond donors (Lipinski definition) is 1. The number of nitrogens with two attached hydrogens (primary N) is 1. The molecule has 0 amide bonds. The third kappa shape index (κ3) is 2.11. The molecule has 1 aliphatic heterocycles. The van der Waals surface area contributed by atoms with Crippen molar-refractivity contribution in [1.29, 1.82) is 0 Å². The van der Waals surface area contributed by atoms with Crippen LogP contribution in [0, 0.1) is 0 Å². The Kier molecular flexibility index (Phi) is 3.17. The van der Waals surface area contributed by atoms with Gasteiger partial charge in [0.1, 0.15) is 0 Å². The summed E-state index contributed by atoms with van der Waals surface area (Å²) in [5.41, 5.74) is 8.23. The number of hydrogen-bond acceptors (Lipinski definition) is 2. The zero-order valence-corrected chi connectivity index (χ0v) is 9.80. The van der Waals surface area contributed by atoms with Crippen molar-refractivity contribution in [1.82, 2.24) is 0 Å². The zero-order chi connectivity index (χ0) is 10.8. The van der Waals surface area contributed by atoms with Crippen molar-refractivity contribution in [2.24, 2.45) is 5.73 Å². The maximum absolute atomic E-state index is 5.98. The molecule has 1 heterocycles. The molecule has 1 aromatic carbocycles. The summed E-state index contributed by atoms with van der Waals surface area (Å²) in [6.45, 7) is 0.779. The number of benzene rings is 1. The summed E-state index contributed by atoms with van der Waals surface area (Å²) in [4.78, 5) is 2.35. The molecule has 2 N–H and O–H groups in total. The highest BCUT2D eigenvalue weighted by Crippen LogP contribution is 2.34. The zero-order valence-electron chi connectivity index (χ0n) is 9.04. The Morgan fingerprint density at radius 2 is 2.33 bits per heavy atom. The molecular formula is C12H17ClN2. The predicted octanol–water partition coefficient (Wildman–Crippen LogP) is 2.44. The number of rotatable bonds is 3. The van der Waals surface area contributed by atoms with Crippen molar-refractivity contribution in [2.75, 3.05) is 18.5 Å². The van der Waals surface area contributed by atoms with Crippen LogP contribution < -0.4 is 10.6 Å². The first kappa shape index (κ1) is 10.8. The Bertz CT molecular complexity index is 351. The van der Waals surface area contributed by atoms with Crippen LogP contribution in [0.25, 0.3) is 0 Å². The average molecular weight is 225 g/mol. The molecule has 15 heavy (non-hydrogen) atoms. The largest absolute Gasteiger partial charge is 0.371 e. The number of fused-ring (bicyclic) bond motifs is 1. The van der Waals surface area contributed by atoms with Crippen LogP contribution >= 0.6 is 11.6 Å². The summed E-state index contributed by atoms with van der Waals surface area (Å²) in [5, 5.41) is 0.835. The quantitative estimate of drug-likeness (QED) is 0.855. The minimum Gasteiger partial charge on any atom is -0.371 e. The summed E-state index contributed by atoms with van der Waals surface area (Å²) in [6.07, 6.45) is 3.36. The third-order valence-electron chi connectivity index (χ3n) is 3.17. The van der Waals surface area contributed by atoms with Gasteiger partial charge in [0.25, 0.3) is 0 Å². The van der Waals surface area contributed by atoms with Crippen LogP contribution in [0.4, 0.5) is 5.69 Å². The summed E-state index contributed by atoms with van der Waals surface area (Å²) in [6, 6.07) is 6.75. The predicted molar refractivity (Wildman–Crippen MR) is 65.6 cm³/mol. The molecule has 0 aliphatic carbocycles. The van der Waals surface area contributed by atoms with Crippen molar-refractivity contribution >= 4 is 17.3 Å². The Morgan fingerprint density at radius 3 is 3.07 bits per heavy atom. The van der Waals surface area contributed by atoms with E-state index in [9.17, 15) is 0 Å². The molecule has 1 unspecified atom stereocenters. The van der Waals surface area contributed by atoms with E-state index in [1.54, 1.807) is 0 Å². The van der Waals surface area contributed by atoms with Gasteiger partial charge in [-0.05, 0) is 49.6 Å². The van der Waals surface area contributed by atoms with Gasteiger partial charge in [0, 0.05) is 23.8 Å². The Morgan fingerprint density at radius 1 is 1.53 bits per heavy atom. The molecule has 0 saturated carbocycles. The number of nitrogens with zero attached hydrogens (tertiary/aromatic N) is 1. The van der Waals surface area contributed by atoms with Gasteiger partial charge in [-0.3, -0.25) is 0 Å². The standard InChI is InChI=1S/C12H17ClN2/c1-15-11(3-2-6-14)8-9-7-10(13)4-5-12(9)15/h4-5,7,11H,2-3,6,8,14H2,1H3. The van der Waals surface area contributed by atoms with Crippen molar-refractivity contribution in [3.8, 4) is 0 Å². The van der Waals surface area contributed by atoms with Crippen LogP contribution in [0.5, 0.6) is 0 Å². The van der Waals surface area contributed by atoms with Crippen LogP contribution in [-0.4, -0.2) is 19.6 Å². The summed E-state index contributed by atoms with van der Waals surface area (Å²) < 4.78 is 0. The van der Waals surface area contributed by atoms with Gasteiger partial charge in [0.2, 0.25) is 0 Å². The third-order valence-corrected chi connectivity index (χ3v) is 3.40. The van der Waals surface area contributed by atoms with Crippen molar-refractivity contribution in [3.05, 3.63) is 28.8 Å². The van der Waals surface area contributed by atoms with Crippen LogP contribution in [0.2, 0.25) is 5.02 Å². The van der Waals surface area contributed by atoms with Gasteiger partial charge < -0.3 is 10.6 Å². The first-order chi connectivity index (χ1) is 7.22. The van der Waals surface area contributed by atoms with Gasteiger partial charge in [0.15, 0.2) is 0 Å². The Balaban J connectivity index is 2.14. The van der Waals surface area contributed by atoms with Gasteiger partial charge in [-0.1, -0.05) is 11.6 Å². The molecule has 1 aliphatic rings. The smallest absolute Gasteiger partial charge is 0.0410 e. The monoisotopic (exact) mass is 224 g/mol. The van der Waals surface area contributed by atoms with Crippen LogP contribution in [0.15, 0.2) is 18.2 Å². The normalized spacial score (nSPS) is 19.4. The maximum atomic E-state index is 5.98. The van der Waals surface area contributed by atoms with E-state index >= 15 is 0 Å². The molecule has 2 nitrogen and oxygen atoms in total. The van der Waals surface area contributed by atoms with Crippen molar-refractivity contribution in [3.63, 3.8) is 0 Å². The number of halogens is 1. The van der Waals surface area contributed by atoms with Crippen LogP contribution in [0.3, 0.4) is 0 Å². The lowest BCUT2D eigenvalue weighted by molar-refractivity contribution is 0.584. The minimum atomic E-state index is 0.599. The second-order valence-electron chi connectivity index (χ2n) is 4.17. The molecule has 3 heteroatoms. The highest BCUT2D eigenvalue weighted by Gasteiger charge is 2.25. The highest BCUT2D eigenvalue weighted by molar-refractivity contribution is 6.30. The van der Waals surface area contributed by atoms with Gasteiger partial charge in [-0.2, -0.15) is 0 Å². The van der Waals surface area contributed by atoms with E-state index in [4.69, 9.17) is 17.3 Å². The Labute approximate surface area is 96.0 Å². The van der Waals surface area contributed by atoms with Gasteiger partial charge in [-0.25, -0.2) is 0 Å². The SMILES string of the molecule is CN1c2ccc(Cl)cc2CC1CCCN. The van der Waals surface area contributed by atoms with E-state index in [-0.39, 0.29) is 0 Å². The fraction of sp³-hybridized carbons (Fsp3) is 0.500. The maximum Gasteiger partial charge on any atom is 0.0410 e. The molecule has 2 rings (SSSR count). The van der Waals surface area contributed by atoms with E-state index in [0.717, 1.165) is 24.4 Å². The van der Waals surface area contributed by atoms with E-state index in [1.807, 2.05) is 6.07 Å². The van der Waals surface area contributed by atoms with Crippen molar-refractivity contribution in [2.45, 2.75) is 25.3 Å².